The number of hydrogen-bond donors (Lipinski definition) is 2. The lowest BCUT2D eigenvalue weighted by atomic mass is 10.1. The van der Waals surface area contributed by atoms with Gasteiger partial charge in [-0.3, -0.25) is 4.79 Å². The van der Waals surface area contributed by atoms with Crippen LogP contribution in [0, 0.1) is 0 Å². The van der Waals surface area contributed by atoms with Crippen LogP contribution in [0.15, 0.2) is 65.6 Å². The summed E-state index contributed by atoms with van der Waals surface area (Å²) in [5.41, 5.74) is 0.994. The molecular formula is C19H23NO2S. The van der Waals surface area contributed by atoms with Gasteiger partial charge < -0.3 is 10.4 Å². The van der Waals surface area contributed by atoms with Crippen LogP contribution in [0.25, 0.3) is 0 Å². The van der Waals surface area contributed by atoms with E-state index in [0.29, 0.717) is 6.42 Å². The van der Waals surface area contributed by atoms with Crippen LogP contribution >= 0.6 is 11.8 Å². The first-order chi connectivity index (χ1) is 11.2. The smallest absolute Gasteiger partial charge is 0.238 e. The van der Waals surface area contributed by atoms with E-state index in [9.17, 15) is 4.79 Å². The quantitative estimate of drug-likeness (QED) is 0.724. The molecule has 0 spiro atoms. The van der Waals surface area contributed by atoms with Gasteiger partial charge in [-0.1, -0.05) is 48.5 Å². The molecule has 2 atom stereocenters. The number of hydrogen-bond acceptors (Lipinski definition) is 3. The van der Waals surface area contributed by atoms with Crippen LogP contribution in [0.5, 0.6) is 0 Å². The van der Waals surface area contributed by atoms with E-state index < -0.39 is 0 Å². The zero-order valence-corrected chi connectivity index (χ0v) is 14.1. The average molecular weight is 329 g/mol. The second-order valence-corrected chi connectivity index (χ2v) is 6.68. The summed E-state index contributed by atoms with van der Waals surface area (Å²) in [6.07, 6.45) is 1.48. The second kappa shape index (κ2) is 9.38. The van der Waals surface area contributed by atoms with Crippen LogP contribution in [-0.2, 0) is 4.79 Å². The summed E-state index contributed by atoms with van der Waals surface area (Å²) in [6, 6.07) is 19.8. The van der Waals surface area contributed by atoms with Gasteiger partial charge >= 0.3 is 0 Å². The van der Waals surface area contributed by atoms with E-state index >= 15 is 0 Å². The largest absolute Gasteiger partial charge is 0.396 e. The van der Waals surface area contributed by atoms with Crippen molar-refractivity contribution in [3.63, 3.8) is 0 Å². The zero-order valence-electron chi connectivity index (χ0n) is 13.3. The Morgan fingerprint density at radius 3 is 2.30 bits per heavy atom. The van der Waals surface area contributed by atoms with Crippen LogP contribution in [0.1, 0.15) is 30.6 Å². The zero-order chi connectivity index (χ0) is 16.5. The monoisotopic (exact) mass is 329 g/mol. The molecule has 0 saturated carbocycles. The fourth-order valence-corrected chi connectivity index (χ4v) is 3.38. The Bertz CT molecular complexity index is 589. The van der Waals surface area contributed by atoms with Gasteiger partial charge in [-0.2, -0.15) is 0 Å². The second-order valence-electron chi connectivity index (χ2n) is 5.50. The number of aliphatic hydroxyl groups is 1. The van der Waals surface area contributed by atoms with Crippen molar-refractivity contribution in [2.45, 2.75) is 36.0 Å². The average Bonchev–Trinajstić information content (AvgIpc) is 2.59. The first-order valence-electron chi connectivity index (χ1n) is 7.88. The third-order valence-electron chi connectivity index (χ3n) is 3.52. The Morgan fingerprint density at radius 2 is 1.70 bits per heavy atom. The summed E-state index contributed by atoms with van der Waals surface area (Å²) < 4.78 is 0. The van der Waals surface area contributed by atoms with Crippen molar-refractivity contribution in [2.75, 3.05) is 6.61 Å². The minimum atomic E-state index is -0.282. The SMILES string of the molecule is CC(CCCO)NC(=O)C(Sc1ccccc1)c1ccccc1. The molecule has 2 unspecified atom stereocenters. The number of aliphatic hydroxyl groups excluding tert-OH is 1. The predicted molar refractivity (Wildman–Crippen MR) is 95.4 cm³/mol. The van der Waals surface area contributed by atoms with Gasteiger partial charge in [0.25, 0.3) is 0 Å². The number of carbonyl (C=O) groups excluding carboxylic acids is 1. The van der Waals surface area contributed by atoms with E-state index in [2.05, 4.69) is 5.32 Å². The highest BCUT2D eigenvalue weighted by atomic mass is 32.2. The third kappa shape index (κ3) is 5.73. The highest BCUT2D eigenvalue weighted by molar-refractivity contribution is 8.00. The highest BCUT2D eigenvalue weighted by Crippen LogP contribution is 2.35. The van der Waals surface area contributed by atoms with Crippen molar-refractivity contribution in [2.24, 2.45) is 0 Å². The summed E-state index contributed by atoms with van der Waals surface area (Å²) in [4.78, 5) is 13.8. The molecule has 4 heteroatoms. The Hall–Kier alpha value is -1.78. The predicted octanol–water partition coefficient (Wildman–Crippen LogP) is 3.80. The molecule has 0 aromatic heterocycles. The van der Waals surface area contributed by atoms with Crippen LogP contribution in [0.2, 0.25) is 0 Å². The van der Waals surface area contributed by atoms with Gasteiger partial charge in [0.05, 0.1) is 0 Å². The van der Waals surface area contributed by atoms with E-state index in [1.807, 2.05) is 67.6 Å². The molecule has 3 nitrogen and oxygen atoms in total. The molecule has 1 amide bonds. The van der Waals surface area contributed by atoms with Crippen molar-refractivity contribution < 1.29 is 9.90 Å². The summed E-state index contributed by atoms with van der Waals surface area (Å²) in [7, 11) is 0. The summed E-state index contributed by atoms with van der Waals surface area (Å²) in [5.74, 6) is 0.00972. The van der Waals surface area contributed by atoms with Crippen molar-refractivity contribution >= 4 is 17.7 Å². The molecule has 2 aromatic rings. The number of carbonyl (C=O) groups is 1. The van der Waals surface area contributed by atoms with Crippen molar-refractivity contribution in [3.05, 3.63) is 66.2 Å². The first kappa shape index (κ1) is 17.6. The third-order valence-corrected chi connectivity index (χ3v) is 4.79. The lowest BCUT2D eigenvalue weighted by Gasteiger charge is -2.20. The number of amides is 1. The van der Waals surface area contributed by atoms with Gasteiger partial charge in [-0.25, -0.2) is 0 Å². The first-order valence-corrected chi connectivity index (χ1v) is 8.76. The van der Waals surface area contributed by atoms with Gasteiger partial charge in [0.2, 0.25) is 5.91 Å². The van der Waals surface area contributed by atoms with Gasteiger partial charge in [0.15, 0.2) is 0 Å². The van der Waals surface area contributed by atoms with Crippen molar-refractivity contribution in [3.8, 4) is 0 Å². The van der Waals surface area contributed by atoms with E-state index in [-0.39, 0.29) is 23.8 Å². The summed E-state index contributed by atoms with van der Waals surface area (Å²) in [5, 5.41) is 11.7. The standard InChI is InChI=1S/C19H23NO2S/c1-15(9-8-14-21)20-19(22)18(16-10-4-2-5-11-16)23-17-12-6-3-7-13-17/h2-7,10-13,15,18,21H,8-9,14H2,1H3,(H,20,22). The molecule has 0 heterocycles. The maximum Gasteiger partial charge on any atom is 0.238 e. The van der Waals surface area contributed by atoms with Crippen LogP contribution in [0.4, 0.5) is 0 Å². The molecule has 2 rings (SSSR count). The molecule has 2 aromatic carbocycles. The number of benzene rings is 2. The lowest BCUT2D eigenvalue weighted by molar-refractivity contribution is -0.121. The van der Waals surface area contributed by atoms with Crippen LogP contribution < -0.4 is 5.32 Å². The van der Waals surface area contributed by atoms with E-state index in [4.69, 9.17) is 5.11 Å². The molecule has 0 aliphatic carbocycles. The molecule has 0 aliphatic rings. The fraction of sp³-hybridized carbons (Fsp3) is 0.316. The minimum absolute atomic E-state index is 0.00972. The Kier molecular flexibility index (Phi) is 7.17. The van der Waals surface area contributed by atoms with E-state index in [0.717, 1.165) is 16.9 Å². The number of thioether (sulfide) groups is 1. The highest BCUT2D eigenvalue weighted by Gasteiger charge is 2.23. The van der Waals surface area contributed by atoms with Gasteiger partial charge in [-0.05, 0) is 37.5 Å². The number of rotatable bonds is 8. The molecular weight excluding hydrogens is 306 g/mol. The molecule has 122 valence electrons. The summed E-state index contributed by atoms with van der Waals surface area (Å²) in [6.45, 7) is 2.13. The van der Waals surface area contributed by atoms with Gasteiger partial charge in [-0.15, -0.1) is 11.8 Å². The Morgan fingerprint density at radius 1 is 1.09 bits per heavy atom. The molecule has 0 fully saturated rings. The molecule has 23 heavy (non-hydrogen) atoms. The fourth-order valence-electron chi connectivity index (χ4n) is 2.32. The molecule has 2 N–H and O–H groups in total. The maximum atomic E-state index is 12.7. The van der Waals surface area contributed by atoms with Gasteiger partial charge in [0.1, 0.15) is 5.25 Å². The molecule has 0 bridgehead atoms. The number of nitrogens with one attached hydrogen (secondary N) is 1. The topological polar surface area (TPSA) is 49.3 Å². The Labute approximate surface area is 142 Å². The van der Waals surface area contributed by atoms with Gasteiger partial charge in [0, 0.05) is 17.5 Å². The molecule has 0 aliphatic heterocycles. The summed E-state index contributed by atoms with van der Waals surface area (Å²) >= 11 is 1.55. The van der Waals surface area contributed by atoms with Crippen molar-refractivity contribution in [1.29, 1.82) is 0 Å². The normalized spacial score (nSPS) is 13.3. The molecule has 0 radical (unpaired) electrons. The van der Waals surface area contributed by atoms with E-state index in [1.165, 1.54) is 0 Å². The maximum absolute atomic E-state index is 12.7. The Balaban J connectivity index is 2.11. The minimum Gasteiger partial charge on any atom is -0.396 e. The van der Waals surface area contributed by atoms with Crippen LogP contribution in [0.3, 0.4) is 0 Å². The molecule has 0 saturated heterocycles. The van der Waals surface area contributed by atoms with Crippen LogP contribution in [-0.4, -0.2) is 23.7 Å². The van der Waals surface area contributed by atoms with E-state index in [1.54, 1.807) is 11.8 Å². The van der Waals surface area contributed by atoms with Crippen molar-refractivity contribution in [1.82, 2.24) is 5.32 Å². The lowest BCUT2D eigenvalue weighted by Crippen LogP contribution is -2.35.